The first-order valence-electron chi connectivity index (χ1n) is 8.30. The highest BCUT2D eigenvalue weighted by molar-refractivity contribution is 8.24. The second kappa shape index (κ2) is 11.3. The molecule has 2 rings (SSSR count). The zero-order chi connectivity index (χ0) is 20.0. The molecule has 2 aliphatic heterocycles. The predicted molar refractivity (Wildman–Crippen MR) is 132 cm³/mol. The van der Waals surface area contributed by atoms with Gasteiger partial charge in [0.25, 0.3) is 0 Å². The number of hydrogen-bond acceptors (Lipinski definition) is 10. The molecule has 0 aromatic carbocycles. The van der Waals surface area contributed by atoms with Crippen molar-refractivity contribution in [2.45, 2.75) is 13.8 Å². The van der Waals surface area contributed by atoms with E-state index in [0.717, 1.165) is 11.5 Å². The molecular formula is C13H24N2O4P2S6. The van der Waals surface area contributed by atoms with Crippen molar-refractivity contribution in [3.05, 3.63) is 0 Å². The standard InChI is InChI=1S/C13H24N2O4P2S6/c1-3-26-9-14-11(22)20(24)16-5-13(6-17-20)7-18-21(25,19-8-13)12(23)15-10-27-4-2/h3-10H2,1-2H3,(H,14,22)(H,15,23). The fourth-order valence-electron chi connectivity index (χ4n) is 2.07. The zero-order valence-electron chi connectivity index (χ0n) is 15.1. The molecule has 0 bridgehead atoms. The minimum absolute atomic E-state index is 0.369. The lowest BCUT2D eigenvalue weighted by Crippen LogP contribution is -2.47. The third-order valence-electron chi connectivity index (χ3n) is 3.72. The molecule has 0 amide bonds. The number of rotatable bonds is 8. The van der Waals surface area contributed by atoms with Crippen LogP contribution in [0.1, 0.15) is 13.8 Å². The van der Waals surface area contributed by atoms with Crippen LogP contribution in [0.15, 0.2) is 0 Å². The molecule has 2 saturated heterocycles. The Morgan fingerprint density at radius 3 is 1.44 bits per heavy atom. The summed E-state index contributed by atoms with van der Waals surface area (Å²) in [6.45, 7) is 0.373. The summed E-state index contributed by atoms with van der Waals surface area (Å²) in [5, 5.41) is 6.25. The summed E-state index contributed by atoms with van der Waals surface area (Å²) in [7, 11) is 0. The third-order valence-corrected chi connectivity index (χ3v) is 13.2. The van der Waals surface area contributed by atoms with E-state index in [1.54, 1.807) is 23.5 Å². The van der Waals surface area contributed by atoms with Crippen molar-refractivity contribution in [3.63, 3.8) is 0 Å². The lowest BCUT2D eigenvalue weighted by Gasteiger charge is -2.45. The molecule has 2 N–H and O–H groups in total. The molecular weight excluding hydrogens is 503 g/mol. The van der Waals surface area contributed by atoms with Crippen molar-refractivity contribution in [2.75, 3.05) is 49.7 Å². The Hall–Kier alpha value is 1.62. The second-order valence-electron chi connectivity index (χ2n) is 5.83. The highest BCUT2D eigenvalue weighted by Crippen LogP contribution is 2.60. The first kappa shape index (κ1) is 24.9. The van der Waals surface area contributed by atoms with Gasteiger partial charge in [0.15, 0.2) is 9.46 Å². The van der Waals surface area contributed by atoms with Gasteiger partial charge in [0.05, 0.1) is 43.6 Å². The highest BCUT2D eigenvalue weighted by atomic mass is 32.5. The molecule has 156 valence electrons. The molecule has 0 atom stereocenters. The Bertz CT molecular complexity index is 571. The van der Waals surface area contributed by atoms with Gasteiger partial charge in [-0.3, -0.25) is 0 Å². The molecule has 2 heterocycles. The van der Waals surface area contributed by atoms with E-state index >= 15 is 0 Å². The molecule has 0 unspecified atom stereocenters. The Balaban J connectivity index is 1.86. The molecule has 27 heavy (non-hydrogen) atoms. The summed E-state index contributed by atoms with van der Waals surface area (Å²) in [5.74, 6) is 3.39. The van der Waals surface area contributed by atoms with Crippen LogP contribution in [0.5, 0.6) is 0 Å². The van der Waals surface area contributed by atoms with Crippen molar-refractivity contribution in [2.24, 2.45) is 5.41 Å². The van der Waals surface area contributed by atoms with E-state index in [9.17, 15) is 0 Å². The molecule has 14 heteroatoms. The molecule has 2 fully saturated rings. The van der Waals surface area contributed by atoms with E-state index in [1.807, 2.05) is 0 Å². The SMILES string of the molecule is CCSCNC(=S)P1(=S)OCC2(CO1)COP(=S)(C(=S)NCSCC)OC2. The van der Waals surface area contributed by atoms with Crippen molar-refractivity contribution in [3.8, 4) is 0 Å². The zero-order valence-corrected chi connectivity index (χ0v) is 21.8. The quantitative estimate of drug-likeness (QED) is 0.209. The number of nitrogens with one attached hydrogen (secondary N) is 2. The molecule has 0 radical (unpaired) electrons. The summed E-state index contributed by atoms with van der Waals surface area (Å²) in [6, 6.07) is 0. The molecule has 1 spiro atoms. The van der Waals surface area contributed by atoms with Gasteiger partial charge in [-0.05, 0) is 35.1 Å². The summed E-state index contributed by atoms with van der Waals surface area (Å²) >= 11 is 25.3. The Labute approximate surface area is 190 Å². The van der Waals surface area contributed by atoms with Gasteiger partial charge in [0.1, 0.15) is 0 Å². The molecule has 0 aromatic rings. The van der Waals surface area contributed by atoms with Gasteiger partial charge >= 0.3 is 0 Å². The monoisotopic (exact) mass is 526 g/mol. The van der Waals surface area contributed by atoms with Gasteiger partial charge in [-0.1, -0.05) is 38.3 Å². The first-order chi connectivity index (χ1) is 12.8. The smallest absolute Gasteiger partial charge is 0.246 e. The summed E-state index contributed by atoms with van der Waals surface area (Å²) in [4.78, 5) is 0. The maximum atomic E-state index is 5.92. The predicted octanol–water partition coefficient (Wildman–Crippen LogP) is 3.86. The van der Waals surface area contributed by atoms with E-state index in [-0.39, 0.29) is 0 Å². The van der Waals surface area contributed by atoms with Gasteiger partial charge in [-0.25, -0.2) is 0 Å². The van der Waals surface area contributed by atoms with Gasteiger partial charge in [-0.15, -0.1) is 23.5 Å². The lowest BCUT2D eigenvalue weighted by molar-refractivity contribution is -0.0502. The Kier molecular flexibility index (Phi) is 10.4. The van der Waals surface area contributed by atoms with Crippen molar-refractivity contribution in [1.82, 2.24) is 10.6 Å². The summed E-state index contributed by atoms with van der Waals surface area (Å²) < 4.78 is 24.6. The van der Waals surface area contributed by atoms with Crippen LogP contribution in [0.2, 0.25) is 0 Å². The molecule has 6 nitrogen and oxygen atoms in total. The Morgan fingerprint density at radius 1 is 0.815 bits per heavy atom. The summed E-state index contributed by atoms with van der Waals surface area (Å²) in [6.07, 6.45) is 0. The maximum absolute atomic E-state index is 5.92. The summed E-state index contributed by atoms with van der Waals surface area (Å²) in [5.41, 5.74) is -0.424. The topological polar surface area (TPSA) is 61.0 Å². The normalized spacial score (nSPS) is 33.6. The van der Waals surface area contributed by atoms with Crippen molar-refractivity contribution in [1.29, 1.82) is 0 Å². The Morgan fingerprint density at radius 2 is 1.15 bits per heavy atom. The minimum atomic E-state index is -2.64. The fourth-order valence-corrected chi connectivity index (χ4v) is 8.10. The van der Waals surface area contributed by atoms with Crippen LogP contribution < -0.4 is 10.6 Å². The number of hydrogen-bond donors (Lipinski definition) is 2. The second-order valence-corrected chi connectivity index (χ2v) is 16.6. The first-order valence-corrected chi connectivity index (χ1v) is 16.7. The van der Waals surface area contributed by atoms with Crippen LogP contribution in [-0.4, -0.2) is 59.1 Å². The van der Waals surface area contributed by atoms with Crippen LogP contribution in [0.4, 0.5) is 0 Å². The molecule has 2 aliphatic rings. The average molecular weight is 527 g/mol. The number of thioether (sulfide) groups is 2. The molecule has 0 aliphatic carbocycles. The van der Waals surface area contributed by atoms with Gasteiger partial charge in [0.2, 0.25) is 13.0 Å². The van der Waals surface area contributed by atoms with Gasteiger partial charge in [0, 0.05) is 0 Å². The number of thiocarbonyl (C=S) groups is 2. The van der Waals surface area contributed by atoms with Crippen LogP contribution in [0, 0.1) is 5.41 Å². The fraction of sp³-hybridized carbons (Fsp3) is 0.846. The van der Waals surface area contributed by atoms with Crippen LogP contribution in [0.3, 0.4) is 0 Å². The van der Waals surface area contributed by atoms with E-state index in [4.69, 9.17) is 66.1 Å². The van der Waals surface area contributed by atoms with Crippen LogP contribution in [0.25, 0.3) is 0 Å². The average Bonchev–Trinajstić information content (AvgIpc) is 2.67. The van der Waals surface area contributed by atoms with Gasteiger partial charge in [-0.2, -0.15) is 0 Å². The molecule has 0 aromatic heterocycles. The van der Waals surface area contributed by atoms with Crippen molar-refractivity contribution >= 4 is 94.0 Å². The largest absolute Gasteiger partial charge is 0.363 e. The van der Waals surface area contributed by atoms with E-state index in [0.29, 0.717) is 47.6 Å². The minimum Gasteiger partial charge on any atom is -0.363 e. The molecule has 0 saturated carbocycles. The van der Waals surface area contributed by atoms with Crippen molar-refractivity contribution < 1.29 is 18.1 Å². The van der Waals surface area contributed by atoms with Crippen LogP contribution >= 0.6 is 60.9 Å². The highest BCUT2D eigenvalue weighted by Gasteiger charge is 2.48. The van der Waals surface area contributed by atoms with E-state index in [1.165, 1.54) is 0 Å². The third kappa shape index (κ3) is 6.80. The van der Waals surface area contributed by atoms with E-state index in [2.05, 4.69) is 24.5 Å². The van der Waals surface area contributed by atoms with Crippen LogP contribution in [-0.2, 0) is 41.7 Å². The van der Waals surface area contributed by atoms with E-state index < -0.39 is 18.4 Å². The van der Waals surface area contributed by atoms with Gasteiger partial charge < -0.3 is 28.7 Å². The maximum Gasteiger partial charge on any atom is 0.246 e. The lowest BCUT2D eigenvalue weighted by atomic mass is 9.93.